The van der Waals surface area contributed by atoms with E-state index in [0.717, 1.165) is 38.9 Å². The number of hydrogen-bond donors (Lipinski definition) is 0. The lowest BCUT2D eigenvalue weighted by Gasteiger charge is -2.38. The molecule has 27 heavy (non-hydrogen) atoms. The van der Waals surface area contributed by atoms with Gasteiger partial charge in [-0.1, -0.05) is 32.4 Å². The van der Waals surface area contributed by atoms with Gasteiger partial charge in [-0.3, -0.25) is 4.90 Å². The number of hydrogen-bond acceptors (Lipinski definition) is 4. The molecule has 0 saturated carbocycles. The van der Waals surface area contributed by atoms with Crippen LogP contribution in [0, 0.1) is 11.2 Å². The average Bonchev–Trinajstić information content (AvgIpc) is 3.17. The van der Waals surface area contributed by atoms with Crippen LogP contribution in [0.25, 0.3) is 0 Å². The highest BCUT2D eigenvalue weighted by Crippen LogP contribution is 2.33. The second-order valence-electron chi connectivity index (χ2n) is 8.74. The molecule has 4 rings (SSSR count). The Morgan fingerprint density at radius 3 is 2.67 bits per heavy atom. The van der Waals surface area contributed by atoms with Gasteiger partial charge >= 0.3 is 0 Å². The summed E-state index contributed by atoms with van der Waals surface area (Å²) in [4.78, 5) is 12.5. The van der Waals surface area contributed by atoms with Gasteiger partial charge < -0.3 is 4.90 Å². The molecule has 3 aliphatic heterocycles. The van der Waals surface area contributed by atoms with Gasteiger partial charge in [0.2, 0.25) is 5.82 Å². The molecule has 0 radical (unpaired) electrons. The van der Waals surface area contributed by atoms with Crippen molar-refractivity contribution in [2.24, 2.45) is 5.41 Å². The minimum absolute atomic E-state index is 0.0692. The summed E-state index contributed by atoms with van der Waals surface area (Å²) in [6.07, 6.45) is 5.68. The second-order valence-corrected chi connectivity index (χ2v) is 9.09. The van der Waals surface area contributed by atoms with Crippen LogP contribution < -0.4 is 4.90 Å². The lowest BCUT2D eigenvalue weighted by Crippen LogP contribution is -2.41. The van der Waals surface area contributed by atoms with E-state index in [9.17, 15) is 8.78 Å². The predicted octanol–water partition coefficient (Wildman–Crippen LogP) is 4.65. The summed E-state index contributed by atoms with van der Waals surface area (Å²) in [7, 11) is 0. The molecular formula is C20H31ClF2N4. The van der Waals surface area contributed by atoms with E-state index in [1.807, 2.05) is 11.8 Å². The van der Waals surface area contributed by atoms with Crippen LogP contribution >= 0.6 is 11.6 Å². The number of piperidine rings is 1. The van der Waals surface area contributed by atoms with Crippen molar-refractivity contribution in [2.45, 2.75) is 71.5 Å². The molecule has 0 N–H and O–H groups in total. The maximum Gasteiger partial charge on any atom is 0.202 e. The van der Waals surface area contributed by atoms with Crippen molar-refractivity contribution in [1.29, 1.82) is 0 Å². The minimum Gasteiger partial charge on any atom is -0.353 e. The highest BCUT2D eigenvalue weighted by Gasteiger charge is 2.34. The smallest absolute Gasteiger partial charge is 0.202 e. The third-order valence-electron chi connectivity index (χ3n) is 5.82. The van der Waals surface area contributed by atoms with Crippen LogP contribution in [0.4, 0.5) is 14.6 Å². The second kappa shape index (κ2) is 8.56. The van der Waals surface area contributed by atoms with E-state index in [1.54, 1.807) is 0 Å². The van der Waals surface area contributed by atoms with E-state index < -0.39 is 12.0 Å². The summed E-state index contributed by atoms with van der Waals surface area (Å²) in [6, 6.07) is 0.611. The molecule has 3 aliphatic rings. The van der Waals surface area contributed by atoms with Crippen LogP contribution in [-0.4, -0.2) is 53.3 Å². The molecule has 3 fully saturated rings. The molecule has 0 bridgehead atoms. The molecule has 4 nitrogen and oxygen atoms in total. The van der Waals surface area contributed by atoms with Gasteiger partial charge in [-0.2, -0.15) is 4.39 Å². The van der Waals surface area contributed by atoms with E-state index in [-0.39, 0.29) is 10.6 Å². The fourth-order valence-corrected chi connectivity index (χ4v) is 4.63. The fraction of sp³-hybridized carbons (Fsp3) is 0.800. The maximum absolute atomic E-state index is 14.1. The van der Waals surface area contributed by atoms with Gasteiger partial charge in [-0.15, -0.1) is 0 Å². The number of halogens is 3. The zero-order valence-electron chi connectivity index (χ0n) is 16.6. The summed E-state index contributed by atoms with van der Waals surface area (Å²) >= 11 is 5.84. The molecule has 2 atom stereocenters. The molecule has 2 unspecified atom stereocenters. The first-order chi connectivity index (χ1) is 12.8. The van der Waals surface area contributed by atoms with Crippen molar-refractivity contribution in [3.05, 3.63) is 16.8 Å². The summed E-state index contributed by atoms with van der Waals surface area (Å²) < 4.78 is 26.7. The van der Waals surface area contributed by atoms with Crippen LogP contribution in [-0.2, 0) is 6.42 Å². The fourth-order valence-electron chi connectivity index (χ4n) is 4.45. The quantitative estimate of drug-likeness (QED) is 0.676. The van der Waals surface area contributed by atoms with E-state index in [2.05, 4.69) is 28.7 Å². The topological polar surface area (TPSA) is 32.3 Å². The number of nitrogens with zero attached hydrogens (tertiary/aromatic N) is 4. The first-order valence-electron chi connectivity index (χ1n) is 10.1. The SMILES string of the molecule is CCc1nc(Cl)c(F)c(N2CCCC(C)(C)C2)n1.FC1CC2CCCN2C1. The van der Waals surface area contributed by atoms with Crippen molar-refractivity contribution in [1.82, 2.24) is 14.9 Å². The molecule has 152 valence electrons. The lowest BCUT2D eigenvalue weighted by molar-refractivity contribution is 0.290. The summed E-state index contributed by atoms with van der Waals surface area (Å²) in [6.45, 7) is 9.82. The Labute approximate surface area is 166 Å². The third kappa shape index (κ3) is 5.08. The van der Waals surface area contributed by atoms with E-state index in [1.165, 1.54) is 12.8 Å². The Morgan fingerprint density at radius 2 is 2.00 bits per heavy atom. The monoisotopic (exact) mass is 400 g/mol. The first-order valence-corrected chi connectivity index (χ1v) is 10.5. The van der Waals surface area contributed by atoms with Crippen LogP contribution in [0.2, 0.25) is 5.15 Å². The number of anilines is 1. The van der Waals surface area contributed by atoms with E-state index in [0.29, 0.717) is 30.6 Å². The van der Waals surface area contributed by atoms with Crippen LogP contribution in [0.1, 0.15) is 58.7 Å². The molecule has 3 saturated heterocycles. The molecule has 0 aromatic carbocycles. The van der Waals surface area contributed by atoms with Gasteiger partial charge in [0.25, 0.3) is 0 Å². The summed E-state index contributed by atoms with van der Waals surface area (Å²) in [5, 5.41) is -0.0692. The molecule has 0 amide bonds. The molecular weight excluding hydrogens is 370 g/mol. The molecule has 0 spiro atoms. The van der Waals surface area contributed by atoms with Crippen molar-refractivity contribution < 1.29 is 8.78 Å². The minimum atomic E-state index is -0.518. The number of rotatable bonds is 2. The van der Waals surface area contributed by atoms with Gasteiger partial charge in [-0.05, 0) is 44.1 Å². The van der Waals surface area contributed by atoms with Crippen LogP contribution in [0.3, 0.4) is 0 Å². The zero-order valence-corrected chi connectivity index (χ0v) is 17.4. The van der Waals surface area contributed by atoms with Crippen molar-refractivity contribution in [3.8, 4) is 0 Å². The summed E-state index contributed by atoms with van der Waals surface area (Å²) in [5.74, 6) is 0.464. The Bertz CT molecular complexity index is 643. The average molecular weight is 401 g/mol. The van der Waals surface area contributed by atoms with Crippen molar-refractivity contribution in [2.75, 3.05) is 31.1 Å². The van der Waals surface area contributed by atoms with Gasteiger partial charge in [0, 0.05) is 32.1 Å². The number of aromatic nitrogens is 2. The molecule has 0 aliphatic carbocycles. The van der Waals surface area contributed by atoms with Gasteiger partial charge in [0.05, 0.1) is 0 Å². The Morgan fingerprint density at radius 1 is 1.22 bits per heavy atom. The Hall–Kier alpha value is -1.01. The summed E-state index contributed by atoms with van der Waals surface area (Å²) in [5.41, 5.74) is 0.189. The standard InChI is InChI=1S/C13H19ClFN3.C7H12FN/c1-4-9-16-11(14)10(15)12(17-9)18-7-5-6-13(2,3)8-18;8-6-4-7-2-1-3-9(7)5-6/h4-8H2,1-3H3;6-7H,1-5H2. The largest absolute Gasteiger partial charge is 0.353 e. The van der Waals surface area contributed by atoms with Crippen molar-refractivity contribution in [3.63, 3.8) is 0 Å². The highest BCUT2D eigenvalue weighted by atomic mass is 35.5. The normalized spacial score (nSPS) is 27.3. The third-order valence-corrected chi connectivity index (χ3v) is 6.07. The number of alkyl halides is 1. The molecule has 7 heteroatoms. The lowest BCUT2D eigenvalue weighted by atomic mass is 9.84. The Balaban J connectivity index is 0.000000193. The number of aryl methyl sites for hydroxylation is 1. The van der Waals surface area contributed by atoms with E-state index in [4.69, 9.17) is 11.6 Å². The first kappa shape index (κ1) is 20.7. The molecule has 1 aromatic heterocycles. The van der Waals surface area contributed by atoms with Crippen LogP contribution in [0.5, 0.6) is 0 Å². The van der Waals surface area contributed by atoms with E-state index >= 15 is 0 Å². The van der Waals surface area contributed by atoms with Gasteiger partial charge in [-0.25, -0.2) is 14.4 Å². The maximum atomic E-state index is 14.1. The highest BCUT2D eigenvalue weighted by molar-refractivity contribution is 6.29. The molecule has 1 aromatic rings. The Kier molecular flexibility index (Phi) is 6.57. The van der Waals surface area contributed by atoms with Crippen LogP contribution in [0.15, 0.2) is 0 Å². The molecule has 4 heterocycles. The van der Waals surface area contributed by atoms with Gasteiger partial charge in [0.15, 0.2) is 11.0 Å². The van der Waals surface area contributed by atoms with Crippen molar-refractivity contribution >= 4 is 17.4 Å². The predicted molar refractivity (Wildman–Crippen MR) is 106 cm³/mol. The zero-order chi connectivity index (χ0) is 19.6. The number of fused-ring (bicyclic) bond motifs is 1. The van der Waals surface area contributed by atoms with Gasteiger partial charge in [0.1, 0.15) is 12.0 Å².